The van der Waals surface area contributed by atoms with Crippen LogP contribution in [0.5, 0.6) is 0 Å². The van der Waals surface area contributed by atoms with Gasteiger partial charge in [-0.2, -0.15) is 0 Å². The average molecular weight is 173 g/mol. The second-order valence-corrected chi connectivity index (χ2v) is 3.73. The zero-order valence-corrected chi connectivity index (χ0v) is 6.93. The van der Waals surface area contributed by atoms with Crippen molar-refractivity contribution < 1.29 is 15.3 Å². The molecule has 0 amide bonds. The fraction of sp³-hybridized carbons (Fsp3) is 1.00. The Morgan fingerprint density at radius 3 is 2.17 bits per heavy atom. The van der Waals surface area contributed by atoms with Crippen molar-refractivity contribution in [3.05, 3.63) is 0 Å². The van der Waals surface area contributed by atoms with Crippen molar-refractivity contribution in [2.45, 2.75) is 37.2 Å². The SMILES string of the molecule is O[C@@H]1[C@H]2[C@H](O)CCN2CC[C@@H]1O. The molecule has 4 nitrogen and oxygen atoms in total. The van der Waals surface area contributed by atoms with Crippen LogP contribution in [0.15, 0.2) is 0 Å². The van der Waals surface area contributed by atoms with Crippen LogP contribution < -0.4 is 0 Å². The molecule has 0 aromatic rings. The summed E-state index contributed by atoms with van der Waals surface area (Å²) < 4.78 is 0. The van der Waals surface area contributed by atoms with Crippen molar-refractivity contribution in [2.75, 3.05) is 13.1 Å². The lowest BCUT2D eigenvalue weighted by Gasteiger charge is -2.37. The van der Waals surface area contributed by atoms with Crippen LogP contribution in [0.25, 0.3) is 0 Å². The molecule has 4 heteroatoms. The van der Waals surface area contributed by atoms with Crippen LogP contribution in [0.3, 0.4) is 0 Å². The van der Waals surface area contributed by atoms with Gasteiger partial charge < -0.3 is 15.3 Å². The fourth-order valence-electron chi connectivity index (χ4n) is 2.26. The van der Waals surface area contributed by atoms with E-state index in [1.54, 1.807) is 0 Å². The number of fused-ring (bicyclic) bond motifs is 1. The van der Waals surface area contributed by atoms with E-state index >= 15 is 0 Å². The number of piperidine rings is 1. The first kappa shape index (κ1) is 8.44. The molecule has 0 saturated carbocycles. The lowest BCUT2D eigenvalue weighted by Crippen LogP contribution is -2.55. The predicted octanol–water partition coefficient (Wildman–Crippen LogP) is -1.45. The van der Waals surface area contributed by atoms with Gasteiger partial charge in [-0.05, 0) is 12.8 Å². The summed E-state index contributed by atoms with van der Waals surface area (Å²) in [4.78, 5) is 2.06. The van der Waals surface area contributed by atoms with E-state index in [2.05, 4.69) is 4.90 Å². The smallest absolute Gasteiger partial charge is 0.0979 e. The van der Waals surface area contributed by atoms with Crippen LogP contribution in [0, 0.1) is 0 Å². The second-order valence-electron chi connectivity index (χ2n) is 3.73. The summed E-state index contributed by atoms with van der Waals surface area (Å²) in [7, 11) is 0. The standard InChI is InChI=1S/C8H15NO3/c10-5-1-3-9-4-2-6(11)8(12)7(5)9/h5-8,10-12H,1-4H2/t5-,6+,7-,8+/m1/s1. The van der Waals surface area contributed by atoms with Crippen molar-refractivity contribution in [2.24, 2.45) is 0 Å². The van der Waals surface area contributed by atoms with E-state index in [1.165, 1.54) is 0 Å². The Kier molecular flexibility index (Phi) is 2.08. The molecule has 2 heterocycles. The minimum atomic E-state index is -0.767. The molecular formula is C8H15NO3. The molecule has 70 valence electrons. The molecule has 2 aliphatic heterocycles. The molecular weight excluding hydrogens is 158 g/mol. The van der Waals surface area contributed by atoms with Gasteiger partial charge in [-0.3, -0.25) is 4.90 Å². The monoisotopic (exact) mass is 173 g/mol. The molecule has 2 fully saturated rings. The number of hydrogen-bond donors (Lipinski definition) is 3. The lowest BCUT2D eigenvalue weighted by molar-refractivity contribution is -0.0861. The van der Waals surface area contributed by atoms with Gasteiger partial charge in [-0.25, -0.2) is 0 Å². The van der Waals surface area contributed by atoms with Crippen LogP contribution >= 0.6 is 0 Å². The maximum absolute atomic E-state index is 9.57. The van der Waals surface area contributed by atoms with E-state index in [9.17, 15) is 15.3 Å². The minimum Gasteiger partial charge on any atom is -0.391 e. The minimum absolute atomic E-state index is 0.228. The first-order chi connectivity index (χ1) is 5.70. The Bertz CT molecular complexity index is 176. The maximum Gasteiger partial charge on any atom is 0.0979 e. The zero-order chi connectivity index (χ0) is 8.72. The fourth-order valence-corrected chi connectivity index (χ4v) is 2.26. The Labute approximate surface area is 71.4 Å². The predicted molar refractivity (Wildman–Crippen MR) is 42.6 cm³/mol. The van der Waals surface area contributed by atoms with Crippen LogP contribution in [-0.2, 0) is 0 Å². The average Bonchev–Trinajstić information content (AvgIpc) is 2.41. The van der Waals surface area contributed by atoms with Gasteiger partial charge in [0.05, 0.1) is 24.4 Å². The Morgan fingerprint density at radius 1 is 0.917 bits per heavy atom. The summed E-state index contributed by atoms with van der Waals surface area (Å²) in [5, 5.41) is 28.4. The van der Waals surface area contributed by atoms with Gasteiger partial charge in [0.15, 0.2) is 0 Å². The van der Waals surface area contributed by atoms with Gasteiger partial charge >= 0.3 is 0 Å². The van der Waals surface area contributed by atoms with E-state index < -0.39 is 18.3 Å². The highest BCUT2D eigenvalue weighted by molar-refractivity contribution is 4.98. The van der Waals surface area contributed by atoms with Crippen LogP contribution in [-0.4, -0.2) is 57.7 Å². The van der Waals surface area contributed by atoms with Gasteiger partial charge in [-0.15, -0.1) is 0 Å². The van der Waals surface area contributed by atoms with Gasteiger partial charge in [0.25, 0.3) is 0 Å². The van der Waals surface area contributed by atoms with Gasteiger partial charge in [-0.1, -0.05) is 0 Å². The number of aliphatic hydroxyl groups excluding tert-OH is 3. The van der Waals surface area contributed by atoms with E-state index in [-0.39, 0.29) is 6.04 Å². The van der Waals surface area contributed by atoms with Crippen molar-refractivity contribution in [1.82, 2.24) is 4.90 Å². The second kappa shape index (κ2) is 2.96. The molecule has 0 aromatic heterocycles. The lowest BCUT2D eigenvalue weighted by atomic mass is 9.95. The molecule has 4 atom stereocenters. The highest BCUT2D eigenvalue weighted by Gasteiger charge is 2.43. The third-order valence-corrected chi connectivity index (χ3v) is 2.98. The Hall–Kier alpha value is -0.160. The highest BCUT2D eigenvalue weighted by atomic mass is 16.3. The van der Waals surface area contributed by atoms with Crippen molar-refractivity contribution in [3.8, 4) is 0 Å². The van der Waals surface area contributed by atoms with Crippen LogP contribution in [0.1, 0.15) is 12.8 Å². The van der Waals surface area contributed by atoms with Crippen molar-refractivity contribution in [1.29, 1.82) is 0 Å². The first-order valence-electron chi connectivity index (χ1n) is 4.48. The van der Waals surface area contributed by atoms with Crippen LogP contribution in [0.2, 0.25) is 0 Å². The summed E-state index contributed by atoms with van der Waals surface area (Å²) in [5.41, 5.74) is 0. The number of aliphatic hydroxyl groups is 3. The summed E-state index contributed by atoms with van der Waals surface area (Å²) >= 11 is 0. The Morgan fingerprint density at radius 2 is 1.50 bits per heavy atom. The molecule has 0 aliphatic carbocycles. The molecule has 2 saturated heterocycles. The van der Waals surface area contributed by atoms with Crippen molar-refractivity contribution in [3.63, 3.8) is 0 Å². The highest BCUT2D eigenvalue weighted by Crippen LogP contribution is 2.27. The molecule has 3 N–H and O–H groups in total. The summed E-state index contributed by atoms with van der Waals surface area (Å²) in [6.45, 7) is 1.63. The Balaban J connectivity index is 2.11. The zero-order valence-electron chi connectivity index (χ0n) is 6.93. The summed E-state index contributed by atoms with van der Waals surface area (Å²) in [5.74, 6) is 0. The van der Waals surface area contributed by atoms with E-state index in [0.29, 0.717) is 12.8 Å². The van der Waals surface area contributed by atoms with Crippen molar-refractivity contribution >= 4 is 0 Å². The maximum atomic E-state index is 9.57. The molecule has 2 aliphatic rings. The third-order valence-electron chi connectivity index (χ3n) is 2.98. The normalized spacial score (nSPS) is 49.2. The molecule has 0 bridgehead atoms. The number of hydrogen-bond acceptors (Lipinski definition) is 4. The quantitative estimate of drug-likeness (QED) is 0.419. The molecule has 0 aromatic carbocycles. The van der Waals surface area contributed by atoms with Gasteiger partial charge in [0.1, 0.15) is 0 Å². The van der Waals surface area contributed by atoms with Gasteiger partial charge in [0.2, 0.25) is 0 Å². The largest absolute Gasteiger partial charge is 0.391 e. The molecule has 0 spiro atoms. The molecule has 0 radical (unpaired) electrons. The third kappa shape index (κ3) is 1.15. The van der Waals surface area contributed by atoms with E-state index in [1.807, 2.05) is 0 Å². The summed E-state index contributed by atoms with van der Waals surface area (Å²) in [6, 6.07) is -0.228. The van der Waals surface area contributed by atoms with Crippen LogP contribution in [0.4, 0.5) is 0 Å². The van der Waals surface area contributed by atoms with Gasteiger partial charge in [0, 0.05) is 13.1 Å². The number of nitrogens with zero attached hydrogens (tertiary/aromatic N) is 1. The van der Waals surface area contributed by atoms with E-state index in [0.717, 1.165) is 13.1 Å². The number of rotatable bonds is 0. The first-order valence-corrected chi connectivity index (χ1v) is 4.48. The van der Waals surface area contributed by atoms with E-state index in [4.69, 9.17) is 0 Å². The summed E-state index contributed by atoms with van der Waals surface area (Å²) in [6.07, 6.45) is -0.552. The molecule has 2 rings (SSSR count). The molecule has 0 unspecified atom stereocenters. The topological polar surface area (TPSA) is 63.9 Å². The molecule has 12 heavy (non-hydrogen) atoms.